The molecule has 5 atom stereocenters. The first kappa shape index (κ1) is 20.8. The summed E-state index contributed by atoms with van der Waals surface area (Å²) in [6.45, 7) is 3.62. The Balaban J connectivity index is 1.77. The number of phosphoric acid groups is 1. The van der Waals surface area contributed by atoms with Gasteiger partial charge in [0.15, 0.2) is 17.4 Å². The van der Waals surface area contributed by atoms with Crippen LogP contribution in [0, 0.1) is 0 Å². The predicted octanol–water partition coefficient (Wildman–Crippen LogP) is 2.33. The molecule has 2 unspecified atom stereocenters. The summed E-state index contributed by atoms with van der Waals surface area (Å²) in [5, 5.41) is 3.94. The first-order valence-corrected chi connectivity index (χ1v) is 10.6. The van der Waals surface area contributed by atoms with E-state index in [1.807, 2.05) is 6.92 Å². The van der Waals surface area contributed by atoms with E-state index in [0.29, 0.717) is 17.6 Å². The molecule has 2 aliphatic rings. The van der Waals surface area contributed by atoms with E-state index in [4.69, 9.17) is 28.8 Å². The summed E-state index contributed by atoms with van der Waals surface area (Å²) < 4.78 is 42.0. The average Bonchev–Trinajstić information content (AvgIpc) is 3.25. The van der Waals surface area contributed by atoms with Gasteiger partial charge in [0.25, 0.3) is 0 Å². The molecule has 2 aromatic rings. The van der Waals surface area contributed by atoms with Crippen molar-refractivity contribution < 1.29 is 27.6 Å². The molecule has 2 aromatic heterocycles. The van der Waals surface area contributed by atoms with Crippen LogP contribution in [0.3, 0.4) is 0 Å². The van der Waals surface area contributed by atoms with Crippen LogP contribution in [0.2, 0.25) is 0 Å². The molecular formula is C15H21N8O6P. The summed E-state index contributed by atoms with van der Waals surface area (Å²) in [5.41, 5.74) is 14.4. The number of anilines is 1. The summed E-state index contributed by atoms with van der Waals surface area (Å²) in [6, 6.07) is 0. The number of ether oxygens (including phenoxy) is 2. The van der Waals surface area contributed by atoms with Crippen molar-refractivity contribution in [1.29, 1.82) is 0 Å². The fourth-order valence-corrected chi connectivity index (χ4v) is 5.13. The molecule has 2 N–H and O–H groups in total. The maximum Gasteiger partial charge on any atom is 0.475 e. The predicted molar refractivity (Wildman–Crippen MR) is 102 cm³/mol. The topological polar surface area (TPSA) is 182 Å². The molecule has 0 radical (unpaired) electrons. The number of nitrogens with two attached hydrogens (primary N) is 1. The van der Waals surface area contributed by atoms with Crippen molar-refractivity contribution in [2.24, 2.45) is 5.11 Å². The van der Waals surface area contributed by atoms with Gasteiger partial charge in [-0.3, -0.25) is 18.1 Å². The van der Waals surface area contributed by atoms with Crippen LogP contribution >= 0.6 is 7.82 Å². The molecule has 0 amide bonds. The quantitative estimate of drug-likeness (QED) is 0.303. The monoisotopic (exact) mass is 440 g/mol. The molecule has 4 rings (SSSR count). The summed E-state index contributed by atoms with van der Waals surface area (Å²) >= 11 is 0. The van der Waals surface area contributed by atoms with Crippen molar-refractivity contribution in [3.05, 3.63) is 16.8 Å². The van der Waals surface area contributed by atoms with Gasteiger partial charge in [-0.1, -0.05) is 12.0 Å². The van der Waals surface area contributed by atoms with E-state index >= 15 is 0 Å². The number of aromatic nitrogens is 4. The molecule has 0 aliphatic carbocycles. The third kappa shape index (κ3) is 3.27. The van der Waals surface area contributed by atoms with E-state index in [1.54, 1.807) is 11.5 Å². The lowest BCUT2D eigenvalue weighted by molar-refractivity contribution is -0.0705. The number of hydrogen-bond donors (Lipinski definition) is 1. The molecule has 162 valence electrons. The van der Waals surface area contributed by atoms with E-state index in [-0.39, 0.29) is 25.0 Å². The summed E-state index contributed by atoms with van der Waals surface area (Å²) in [5.74, 6) is 0.160. The van der Waals surface area contributed by atoms with Gasteiger partial charge < -0.3 is 15.2 Å². The summed E-state index contributed by atoms with van der Waals surface area (Å²) in [7, 11) is -2.39. The summed E-state index contributed by atoms with van der Waals surface area (Å²) in [4.78, 5) is 15.5. The van der Waals surface area contributed by atoms with Crippen LogP contribution < -0.4 is 10.5 Å². The highest BCUT2D eigenvalue weighted by atomic mass is 31.2. The number of imidazole rings is 1. The minimum Gasteiger partial charge on any atom is -0.479 e. The molecule has 30 heavy (non-hydrogen) atoms. The Labute approximate surface area is 170 Å². The highest BCUT2D eigenvalue weighted by molar-refractivity contribution is 7.48. The molecule has 0 saturated carbocycles. The number of azide groups is 1. The van der Waals surface area contributed by atoms with Gasteiger partial charge in [0.2, 0.25) is 11.8 Å². The fraction of sp³-hybridized carbons (Fsp3) is 0.667. The number of hydrogen-bond acceptors (Lipinski definition) is 11. The highest BCUT2D eigenvalue weighted by Crippen LogP contribution is 2.59. The molecule has 2 fully saturated rings. The number of fused-ring (bicyclic) bond motifs is 2. The van der Waals surface area contributed by atoms with E-state index < -0.39 is 31.8 Å². The third-order valence-electron chi connectivity index (χ3n) is 4.92. The second-order valence-electron chi connectivity index (χ2n) is 6.96. The molecule has 4 heterocycles. The molecule has 14 nitrogen and oxygen atoms in total. The number of nitrogens with zero attached hydrogens (tertiary/aromatic N) is 7. The zero-order valence-electron chi connectivity index (χ0n) is 16.5. The van der Waals surface area contributed by atoms with Crippen LogP contribution in [-0.4, -0.2) is 57.6 Å². The van der Waals surface area contributed by atoms with Crippen molar-refractivity contribution in [2.75, 3.05) is 26.1 Å². The van der Waals surface area contributed by atoms with Crippen LogP contribution in [0.25, 0.3) is 21.6 Å². The Morgan fingerprint density at radius 2 is 2.33 bits per heavy atom. The van der Waals surface area contributed by atoms with Crippen LogP contribution in [0.15, 0.2) is 11.4 Å². The first-order chi connectivity index (χ1) is 14.3. The standard InChI is InChI=1S/C15H21N8O6P/c1-4-5-26-30(24)27-6-8-10(29-30)15(2,21-22-17)13(28-8)23-7-18-9-11(23)19-14(16)20-12(9)25-3/h7-8,10,13H,4-6H2,1-3H3,(H2,16,19,20)/t8-,10-,13?,15-,30?/m1/s1. The molecular weight excluding hydrogens is 419 g/mol. The van der Waals surface area contributed by atoms with E-state index in [0.717, 1.165) is 0 Å². The molecule has 0 spiro atoms. The van der Waals surface area contributed by atoms with Crippen molar-refractivity contribution >= 4 is 24.9 Å². The van der Waals surface area contributed by atoms with Gasteiger partial charge >= 0.3 is 7.82 Å². The Morgan fingerprint density at radius 1 is 1.53 bits per heavy atom. The first-order valence-electron chi connectivity index (χ1n) is 9.18. The normalized spacial score (nSPS) is 33.2. The molecule has 2 aliphatic heterocycles. The van der Waals surface area contributed by atoms with E-state index in [1.165, 1.54) is 13.4 Å². The minimum absolute atomic E-state index is 0.0287. The number of phosphoric ester groups is 1. The maximum atomic E-state index is 12.8. The van der Waals surface area contributed by atoms with Crippen LogP contribution in [-0.2, 0) is 22.9 Å². The van der Waals surface area contributed by atoms with Crippen molar-refractivity contribution in [3.8, 4) is 5.88 Å². The van der Waals surface area contributed by atoms with Crippen molar-refractivity contribution in [3.63, 3.8) is 0 Å². The van der Waals surface area contributed by atoms with Gasteiger partial charge in [-0.05, 0) is 18.9 Å². The maximum absolute atomic E-state index is 12.8. The van der Waals surface area contributed by atoms with Gasteiger partial charge in [0.05, 0.1) is 26.7 Å². The highest BCUT2D eigenvalue weighted by Gasteiger charge is 2.60. The zero-order chi connectivity index (χ0) is 21.5. The zero-order valence-corrected chi connectivity index (χ0v) is 17.4. The van der Waals surface area contributed by atoms with Gasteiger partial charge in [0, 0.05) is 4.91 Å². The second kappa shape index (κ2) is 7.65. The fourth-order valence-electron chi connectivity index (χ4n) is 3.57. The molecule has 2 saturated heterocycles. The lowest BCUT2D eigenvalue weighted by atomic mass is 9.93. The average molecular weight is 440 g/mol. The SMILES string of the molecule is CCCOP1(=O)OC[C@H]2OC(n3cnc4c(OC)nc(N)nc43)[C@](C)(N=[N+]=[N-])[C@@H]2O1. The van der Waals surface area contributed by atoms with Gasteiger partial charge in [-0.15, -0.1) is 0 Å². The van der Waals surface area contributed by atoms with E-state index in [9.17, 15) is 10.1 Å². The van der Waals surface area contributed by atoms with Crippen LogP contribution in [0.5, 0.6) is 5.88 Å². The Morgan fingerprint density at radius 3 is 3.03 bits per heavy atom. The molecule has 15 heteroatoms. The third-order valence-corrected chi connectivity index (χ3v) is 6.37. The Hall–Kier alpha value is -2.47. The smallest absolute Gasteiger partial charge is 0.475 e. The molecule has 0 bridgehead atoms. The Kier molecular flexibility index (Phi) is 5.30. The number of methoxy groups -OCH3 is 1. The number of rotatable bonds is 6. The van der Waals surface area contributed by atoms with Gasteiger partial charge in [0.1, 0.15) is 17.7 Å². The second-order valence-corrected chi connectivity index (χ2v) is 8.58. The van der Waals surface area contributed by atoms with Crippen molar-refractivity contribution in [2.45, 2.75) is 44.2 Å². The lowest BCUT2D eigenvalue weighted by Crippen LogP contribution is -2.46. The van der Waals surface area contributed by atoms with Gasteiger partial charge in [-0.25, -0.2) is 9.55 Å². The largest absolute Gasteiger partial charge is 0.479 e. The number of nitrogen functional groups attached to an aromatic ring is 1. The van der Waals surface area contributed by atoms with Gasteiger partial charge in [-0.2, -0.15) is 9.97 Å². The van der Waals surface area contributed by atoms with Crippen LogP contribution in [0.1, 0.15) is 26.5 Å². The minimum atomic E-state index is -3.83. The van der Waals surface area contributed by atoms with Crippen LogP contribution in [0.4, 0.5) is 5.95 Å². The lowest BCUT2D eigenvalue weighted by Gasteiger charge is -2.35. The summed E-state index contributed by atoms with van der Waals surface area (Å²) in [6.07, 6.45) is -0.400. The Bertz CT molecular complexity index is 1060. The van der Waals surface area contributed by atoms with E-state index in [2.05, 4.69) is 25.0 Å². The molecule has 0 aromatic carbocycles. The van der Waals surface area contributed by atoms with Crippen molar-refractivity contribution in [1.82, 2.24) is 19.5 Å².